The summed E-state index contributed by atoms with van der Waals surface area (Å²) in [4.78, 5) is 6.73. The van der Waals surface area contributed by atoms with E-state index in [2.05, 4.69) is 28.9 Å². The monoisotopic (exact) mass is 249 g/mol. The van der Waals surface area contributed by atoms with Crippen LogP contribution in [0.3, 0.4) is 0 Å². The zero-order valence-corrected chi connectivity index (χ0v) is 11.4. The molecule has 1 aromatic rings. The Morgan fingerprint density at radius 1 is 1.17 bits per heavy atom. The Bertz CT molecular complexity index is 389. The Morgan fingerprint density at radius 3 is 2.39 bits per heavy atom. The van der Waals surface area contributed by atoms with Crippen molar-refractivity contribution >= 4 is 6.01 Å². The van der Waals surface area contributed by atoms with Gasteiger partial charge >= 0.3 is 6.01 Å². The second-order valence-electron chi connectivity index (χ2n) is 6.20. The summed E-state index contributed by atoms with van der Waals surface area (Å²) in [7, 11) is 0. The van der Waals surface area contributed by atoms with Gasteiger partial charge < -0.3 is 9.42 Å². The quantitative estimate of drug-likeness (QED) is 0.821. The normalized spacial score (nSPS) is 21.8. The summed E-state index contributed by atoms with van der Waals surface area (Å²) in [6.45, 7) is 6.35. The van der Waals surface area contributed by atoms with Crippen molar-refractivity contribution in [2.75, 3.05) is 18.0 Å². The molecule has 0 unspecified atom stereocenters. The Morgan fingerprint density at radius 2 is 1.83 bits per heavy atom. The maximum Gasteiger partial charge on any atom is 0.324 e. The minimum Gasteiger partial charge on any atom is -0.324 e. The summed E-state index contributed by atoms with van der Waals surface area (Å²) in [5, 5.41) is 4.04. The van der Waals surface area contributed by atoms with Gasteiger partial charge in [-0.15, -0.1) is 0 Å². The average molecular weight is 249 g/mol. The molecule has 1 saturated heterocycles. The maximum absolute atomic E-state index is 5.36. The first-order valence-corrected chi connectivity index (χ1v) is 7.31. The summed E-state index contributed by atoms with van der Waals surface area (Å²) in [5.41, 5.74) is 0. The predicted octanol–water partition coefficient (Wildman–Crippen LogP) is 3.21. The van der Waals surface area contributed by atoms with Gasteiger partial charge in [-0.2, -0.15) is 4.98 Å². The van der Waals surface area contributed by atoms with Gasteiger partial charge in [0.25, 0.3) is 0 Å². The van der Waals surface area contributed by atoms with Gasteiger partial charge in [-0.25, -0.2) is 0 Å². The average Bonchev–Trinajstić information content (AvgIpc) is 3.04. The lowest BCUT2D eigenvalue weighted by molar-refractivity contribution is 0.339. The summed E-state index contributed by atoms with van der Waals surface area (Å²) in [6, 6.07) is 0.726. The Hall–Kier alpha value is -1.06. The number of nitrogens with zero attached hydrogens (tertiary/aromatic N) is 3. The van der Waals surface area contributed by atoms with E-state index < -0.39 is 0 Å². The molecule has 4 nitrogen and oxygen atoms in total. The van der Waals surface area contributed by atoms with Crippen molar-refractivity contribution in [1.29, 1.82) is 0 Å². The lowest BCUT2D eigenvalue weighted by Crippen LogP contribution is -2.34. The fourth-order valence-corrected chi connectivity index (χ4v) is 2.77. The molecular formula is C14H23N3O. The van der Waals surface area contributed by atoms with Crippen molar-refractivity contribution in [3.05, 3.63) is 5.82 Å². The van der Waals surface area contributed by atoms with E-state index in [-0.39, 0.29) is 0 Å². The molecule has 1 aromatic heterocycles. The number of anilines is 1. The van der Waals surface area contributed by atoms with E-state index in [1.807, 2.05) is 0 Å². The molecule has 0 radical (unpaired) electrons. The highest BCUT2D eigenvalue weighted by molar-refractivity contribution is 5.26. The standard InChI is InChI=1S/C14H23N3O/c1-10(2)13-15-14(18-16-13)17-7-5-12(6-8-17)9-11-3-4-11/h10-12H,3-9H2,1-2H3. The first kappa shape index (κ1) is 12.0. The summed E-state index contributed by atoms with van der Waals surface area (Å²) in [5.74, 6) is 3.15. The summed E-state index contributed by atoms with van der Waals surface area (Å²) >= 11 is 0. The maximum atomic E-state index is 5.36. The lowest BCUT2D eigenvalue weighted by atomic mass is 9.92. The van der Waals surface area contributed by atoms with Crippen LogP contribution in [0.15, 0.2) is 4.52 Å². The van der Waals surface area contributed by atoms with E-state index in [0.717, 1.165) is 36.8 Å². The van der Waals surface area contributed by atoms with Crippen molar-refractivity contribution in [2.24, 2.45) is 11.8 Å². The van der Waals surface area contributed by atoms with Crippen molar-refractivity contribution in [2.45, 2.75) is 51.9 Å². The first-order chi connectivity index (χ1) is 8.72. The van der Waals surface area contributed by atoms with Gasteiger partial charge in [0.05, 0.1) is 0 Å². The van der Waals surface area contributed by atoms with Crippen LogP contribution in [0.25, 0.3) is 0 Å². The van der Waals surface area contributed by atoms with Crippen molar-refractivity contribution in [3.63, 3.8) is 0 Å². The highest BCUT2D eigenvalue weighted by Gasteiger charge is 2.29. The van der Waals surface area contributed by atoms with E-state index in [1.54, 1.807) is 0 Å². The van der Waals surface area contributed by atoms with Crippen LogP contribution in [-0.4, -0.2) is 23.2 Å². The van der Waals surface area contributed by atoms with Gasteiger partial charge in [0.2, 0.25) is 0 Å². The van der Waals surface area contributed by atoms with E-state index in [0.29, 0.717) is 5.92 Å². The molecule has 1 saturated carbocycles. The van der Waals surface area contributed by atoms with Crippen molar-refractivity contribution in [1.82, 2.24) is 10.1 Å². The van der Waals surface area contributed by atoms with Crippen molar-refractivity contribution in [3.8, 4) is 0 Å². The topological polar surface area (TPSA) is 42.2 Å². The van der Waals surface area contributed by atoms with Gasteiger partial charge in [-0.3, -0.25) is 0 Å². The van der Waals surface area contributed by atoms with Crippen LogP contribution in [0.2, 0.25) is 0 Å². The predicted molar refractivity (Wildman–Crippen MR) is 70.7 cm³/mol. The Labute approximate surface area is 109 Å². The minimum atomic E-state index is 0.343. The fourth-order valence-electron chi connectivity index (χ4n) is 2.77. The van der Waals surface area contributed by atoms with Crippen LogP contribution >= 0.6 is 0 Å². The zero-order chi connectivity index (χ0) is 12.5. The molecule has 0 spiro atoms. The molecule has 0 N–H and O–H groups in total. The first-order valence-electron chi connectivity index (χ1n) is 7.31. The van der Waals surface area contributed by atoms with E-state index >= 15 is 0 Å². The van der Waals surface area contributed by atoms with E-state index in [9.17, 15) is 0 Å². The van der Waals surface area contributed by atoms with Gasteiger partial charge in [0.1, 0.15) is 0 Å². The van der Waals surface area contributed by atoms with Crippen LogP contribution in [-0.2, 0) is 0 Å². The molecule has 1 aliphatic heterocycles. The molecule has 18 heavy (non-hydrogen) atoms. The van der Waals surface area contributed by atoms with E-state index in [1.165, 1.54) is 32.1 Å². The zero-order valence-electron chi connectivity index (χ0n) is 11.4. The number of hydrogen-bond acceptors (Lipinski definition) is 4. The second kappa shape index (κ2) is 4.90. The lowest BCUT2D eigenvalue weighted by Gasteiger charge is -2.30. The van der Waals surface area contributed by atoms with Gasteiger partial charge in [0, 0.05) is 19.0 Å². The molecule has 0 amide bonds. The Balaban J connectivity index is 1.54. The highest BCUT2D eigenvalue weighted by Crippen LogP contribution is 2.38. The molecular weight excluding hydrogens is 226 g/mol. The molecule has 0 atom stereocenters. The highest BCUT2D eigenvalue weighted by atomic mass is 16.5. The van der Waals surface area contributed by atoms with Crippen LogP contribution in [0.1, 0.15) is 57.7 Å². The van der Waals surface area contributed by atoms with Crippen LogP contribution in [0.4, 0.5) is 6.01 Å². The smallest absolute Gasteiger partial charge is 0.324 e. The number of aromatic nitrogens is 2. The van der Waals surface area contributed by atoms with Gasteiger partial charge in [-0.05, 0) is 31.1 Å². The van der Waals surface area contributed by atoms with Crippen LogP contribution in [0, 0.1) is 11.8 Å². The third-order valence-corrected chi connectivity index (χ3v) is 4.20. The largest absolute Gasteiger partial charge is 0.324 e. The Kier molecular flexibility index (Phi) is 3.27. The van der Waals surface area contributed by atoms with Gasteiger partial charge in [0.15, 0.2) is 5.82 Å². The fraction of sp³-hybridized carbons (Fsp3) is 0.857. The molecule has 1 aliphatic carbocycles. The summed E-state index contributed by atoms with van der Waals surface area (Å²) < 4.78 is 5.36. The molecule has 0 bridgehead atoms. The molecule has 4 heteroatoms. The number of hydrogen-bond donors (Lipinski definition) is 0. The van der Waals surface area contributed by atoms with Gasteiger partial charge in [-0.1, -0.05) is 31.8 Å². The van der Waals surface area contributed by atoms with E-state index in [4.69, 9.17) is 4.52 Å². The van der Waals surface area contributed by atoms with Crippen LogP contribution < -0.4 is 4.90 Å². The molecule has 3 rings (SSSR count). The summed E-state index contributed by atoms with van der Waals surface area (Å²) in [6.07, 6.45) is 6.98. The molecule has 100 valence electrons. The van der Waals surface area contributed by atoms with Crippen molar-refractivity contribution < 1.29 is 4.52 Å². The van der Waals surface area contributed by atoms with Crippen LogP contribution in [0.5, 0.6) is 0 Å². The third-order valence-electron chi connectivity index (χ3n) is 4.20. The minimum absolute atomic E-state index is 0.343. The third kappa shape index (κ3) is 2.68. The SMILES string of the molecule is CC(C)c1noc(N2CCC(CC3CC3)CC2)n1. The molecule has 2 aliphatic rings. The second-order valence-corrected chi connectivity index (χ2v) is 6.20. The molecule has 2 heterocycles. The molecule has 2 fully saturated rings. The molecule has 0 aromatic carbocycles. The number of piperidine rings is 1. The number of rotatable bonds is 4.